The Bertz CT molecular complexity index is 1350. The Morgan fingerprint density at radius 1 is 1.00 bits per heavy atom. The number of aromatic nitrogens is 1. The van der Waals surface area contributed by atoms with Gasteiger partial charge in [-0.05, 0) is 58.7 Å². The highest BCUT2D eigenvalue weighted by atomic mass is 32.2. The molecule has 0 fully saturated rings. The number of amides is 2. The van der Waals surface area contributed by atoms with Crippen molar-refractivity contribution in [1.29, 1.82) is 0 Å². The van der Waals surface area contributed by atoms with Gasteiger partial charge in [-0.2, -0.15) is 49.4 Å². The number of pyridine rings is 1. The highest BCUT2D eigenvalue weighted by Crippen LogP contribution is 2.19. The monoisotopic (exact) mass is 637 g/mol. The second kappa shape index (κ2) is 16.1. The van der Waals surface area contributed by atoms with E-state index >= 15 is 0 Å². The van der Waals surface area contributed by atoms with Crippen LogP contribution in [0, 0.1) is 0 Å². The average molecular weight is 638 g/mol. The highest BCUT2D eigenvalue weighted by molar-refractivity contribution is 7.99. The van der Waals surface area contributed by atoms with Crippen molar-refractivity contribution in [3.05, 3.63) is 64.5 Å². The van der Waals surface area contributed by atoms with E-state index in [4.69, 9.17) is 9.90 Å². The second-order valence-electron chi connectivity index (χ2n) is 8.60. The molecule has 3 aromatic rings. The lowest BCUT2D eigenvalue weighted by atomic mass is 10.1. The number of aliphatic carboxylic acids is 1. The van der Waals surface area contributed by atoms with Crippen LogP contribution in [0.15, 0.2) is 53.4 Å². The van der Waals surface area contributed by atoms with Gasteiger partial charge in [0.25, 0.3) is 0 Å². The molecule has 0 radical (unpaired) electrons. The third kappa shape index (κ3) is 12.5. The molecule has 0 bridgehead atoms. The molecule has 228 valence electrons. The molecule has 8 nitrogen and oxygen atoms in total. The third-order valence-electron chi connectivity index (χ3n) is 5.28. The van der Waals surface area contributed by atoms with Gasteiger partial charge in [-0.15, -0.1) is 0 Å². The summed E-state index contributed by atoms with van der Waals surface area (Å²) in [5, 5.41) is 17.3. The van der Waals surface area contributed by atoms with E-state index in [1.165, 1.54) is 11.3 Å². The van der Waals surface area contributed by atoms with Crippen LogP contribution in [0.2, 0.25) is 0 Å². The maximum absolute atomic E-state index is 12.9. The predicted octanol–water partition coefficient (Wildman–Crippen LogP) is 4.92. The van der Waals surface area contributed by atoms with Crippen LogP contribution in [0.4, 0.5) is 26.3 Å². The van der Waals surface area contributed by atoms with Crippen LogP contribution >= 0.6 is 23.1 Å². The summed E-state index contributed by atoms with van der Waals surface area (Å²) >= 11 is 2.32. The Kier molecular flexibility index (Phi) is 13.2. The maximum atomic E-state index is 12.9. The summed E-state index contributed by atoms with van der Waals surface area (Å²) in [4.78, 5) is 49.6. The van der Waals surface area contributed by atoms with Gasteiger partial charge in [0.2, 0.25) is 17.6 Å². The number of nitrogens with one attached hydrogen (secondary N) is 2. The van der Waals surface area contributed by atoms with E-state index in [0.29, 0.717) is 6.42 Å². The van der Waals surface area contributed by atoms with Crippen LogP contribution in [0.3, 0.4) is 0 Å². The fourth-order valence-corrected chi connectivity index (χ4v) is 4.79. The van der Waals surface area contributed by atoms with Gasteiger partial charge < -0.3 is 15.7 Å². The number of carboxylic acids is 1. The van der Waals surface area contributed by atoms with E-state index in [2.05, 4.69) is 15.6 Å². The van der Waals surface area contributed by atoms with Crippen LogP contribution < -0.4 is 10.6 Å². The first-order valence-electron chi connectivity index (χ1n) is 12.1. The lowest BCUT2D eigenvalue weighted by molar-refractivity contribution is -0.192. The van der Waals surface area contributed by atoms with Gasteiger partial charge >= 0.3 is 18.3 Å². The number of hydrogen-bond donors (Lipinski definition) is 3. The normalized spacial score (nSPS) is 12.1. The summed E-state index contributed by atoms with van der Waals surface area (Å²) in [6.07, 6.45) is -7.56. The van der Waals surface area contributed by atoms with Crippen LogP contribution in [0.25, 0.3) is 10.9 Å². The van der Waals surface area contributed by atoms with E-state index in [0.717, 1.165) is 33.8 Å². The number of ketones is 1. The summed E-state index contributed by atoms with van der Waals surface area (Å²) in [6.45, 7) is 0.211. The number of halogens is 6. The molecule has 0 spiro atoms. The van der Waals surface area contributed by atoms with Crippen molar-refractivity contribution in [2.24, 2.45) is 0 Å². The van der Waals surface area contributed by atoms with Crippen molar-refractivity contribution in [2.45, 2.75) is 44.2 Å². The molecule has 0 saturated carbocycles. The van der Waals surface area contributed by atoms with E-state index in [1.807, 2.05) is 47.2 Å². The number of carbonyl (C=O) groups is 4. The fraction of sp³-hybridized carbons (Fsp3) is 0.346. The molecule has 3 rings (SSSR count). The largest absolute Gasteiger partial charge is 0.490 e. The first-order valence-corrected chi connectivity index (χ1v) is 14.2. The Labute approximate surface area is 243 Å². The first kappa shape index (κ1) is 34.5. The van der Waals surface area contributed by atoms with Gasteiger partial charge in [-0.1, -0.05) is 18.2 Å². The number of hydrogen-bond acceptors (Lipinski definition) is 7. The van der Waals surface area contributed by atoms with E-state index in [-0.39, 0.29) is 31.0 Å². The molecular formula is C26H25F6N3O5S2. The van der Waals surface area contributed by atoms with Gasteiger partial charge in [-0.25, -0.2) is 4.79 Å². The molecule has 0 aliphatic heterocycles. The second-order valence-corrected chi connectivity index (χ2v) is 10.5. The summed E-state index contributed by atoms with van der Waals surface area (Å²) in [6, 6.07) is 10.5. The zero-order valence-corrected chi connectivity index (χ0v) is 23.3. The van der Waals surface area contributed by atoms with Crippen molar-refractivity contribution in [1.82, 2.24) is 15.6 Å². The number of nitrogens with zero attached hydrogens (tertiary/aromatic N) is 1. The fourth-order valence-electron chi connectivity index (χ4n) is 3.25. The number of carboxylic acid groups (broad SMARTS) is 1. The molecule has 0 saturated heterocycles. The number of thiophene rings is 1. The minimum atomic E-state index is -5.08. The number of Topliss-reactive ketones (excluding diaryl/α,β-unsaturated/α-hetero) is 1. The molecular weight excluding hydrogens is 612 g/mol. The van der Waals surface area contributed by atoms with E-state index in [1.54, 1.807) is 6.20 Å². The molecule has 1 atom stereocenters. The number of para-hydroxylation sites is 1. The molecule has 0 aliphatic carbocycles. The van der Waals surface area contributed by atoms with Crippen molar-refractivity contribution in [3.8, 4) is 0 Å². The topological polar surface area (TPSA) is 125 Å². The number of rotatable bonds is 12. The summed E-state index contributed by atoms with van der Waals surface area (Å²) < 4.78 is 68.7. The molecule has 1 aromatic carbocycles. The van der Waals surface area contributed by atoms with Gasteiger partial charge in [0.05, 0.1) is 17.7 Å². The van der Waals surface area contributed by atoms with Crippen LogP contribution in [0.5, 0.6) is 0 Å². The van der Waals surface area contributed by atoms with Crippen molar-refractivity contribution in [2.75, 3.05) is 11.5 Å². The minimum Gasteiger partial charge on any atom is -0.475 e. The van der Waals surface area contributed by atoms with Gasteiger partial charge in [0, 0.05) is 18.1 Å². The van der Waals surface area contributed by atoms with Crippen LogP contribution in [0.1, 0.15) is 24.0 Å². The van der Waals surface area contributed by atoms with E-state index in [9.17, 15) is 40.7 Å². The van der Waals surface area contributed by atoms with Gasteiger partial charge in [-0.3, -0.25) is 19.4 Å². The third-order valence-corrected chi connectivity index (χ3v) is 7.06. The smallest absolute Gasteiger partial charge is 0.475 e. The predicted molar refractivity (Wildman–Crippen MR) is 145 cm³/mol. The lowest BCUT2D eigenvalue weighted by Crippen LogP contribution is -2.47. The Morgan fingerprint density at radius 2 is 1.69 bits per heavy atom. The molecule has 2 heterocycles. The molecule has 0 unspecified atom stereocenters. The molecule has 0 aliphatic rings. The van der Waals surface area contributed by atoms with E-state index < -0.39 is 41.8 Å². The van der Waals surface area contributed by atoms with Crippen molar-refractivity contribution < 1.29 is 50.6 Å². The molecule has 2 amide bonds. The van der Waals surface area contributed by atoms with Gasteiger partial charge in [0.1, 0.15) is 6.04 Å². The standard InChI is InChI=1S/C24H24F3N3O3S2.C2HF3O2/c25-24(26,27)21(31)15-34-8-3-6-20(30-22(32)11-16-7-9-35-14-16)23(33)29-13-17-10-18-4-1-2-5-19(18)28-12-17;3-2(4,5)1(6)7/h1-2,4-5,7,9-10,12,14,20H,3,6,8,11,13,15H2,(H,29,33)(H,30,32);(H,6,7)/t20-;/m0./s1. The lowest BCUT2D eigenvalue weighted by Gasteiger charge is -2.18. The van der Waals surface area contributed by atoms with Gasteiger partial charge in [0.15, 0.2) is 0 Å². The number of benzene rings is 1. The zero-order valence-electron chi connectivity index (χ0n) is 21.6. The Morgan fingerprint density at radius 3 is 2.31 bits per heavy atom. The average Bonchev–Trinajstić information content (AvgIpc) is 3.42. The zero-order chi connectivity index (χ0) is 31.3. The van der Waals surface area contributed by atoms with Crippen molar-refractivity contribution >= 4 is 57.6 Å². The van der Waals surface area contributed by atoms with Crippen LogP contribution in [-0.2, 0) is 32.1 Å². The summed E-state index contributed by atoms with van der Waals surface area (Å²) in [7, 11) is 0. The quantitative estimate of drug-likeness (QED) is 0.190. The van der Waals surface area contributed by atoms with Crippen LogP contribution in [-0.4, -0.2) is 63.6 Å². The maximum Gasteiger partial charge on any atom is 0.490 e. The molecule has 16 heteroatoms. The number of fused-ring (bicyclic) bond motifs is 1. The molecule has 42 heavy (non-hydrogen) atoms. The SMILES string of the molecule is O=C(Cc1ccsc1)N[C@@H](CCCSCC(=O)C(F)(F)F)C(=O)NCc1cnc2ccccc2c1.O=C(O)C(F)(F)F. The van der Waals surface area contributed by atoms with Crippen molar-refractivity contribution in [3.63, 3.8) is 0 Å². The minimum absolute atomic E-state index is 0.122. The Hall–Kier alpha value is -3.66. The number of alkyl halides is 6. The Balaban J connectivity index is 0.000000782. The molecule has 3 N–H and O–H groups in total. The number of thioether (sulfide) groups is 1. The molecule has 2 aromatic heterocycles. The first-order chi connectivity index (χ1) is 19.7. The number of carbonyl (C=O) groups excluding carboxylic acids is 3. The highest BCUT2D eigenvalue weighted by Gasteiger charge is 2.38. The summed E-state index contributed by atoms with van der Waals surface area (Å²) in [5.74, 6) is -5.68. The summed E-state index contributed by atoms with van der Waals surface area (Å²) in [5.41, 5.74) is 2.46.